The molecule has 3 rings (SSSR count). The van der Waals surface area contributed by atoms with Gasteiger partial charge in [-0.25, -0.2) is 13.8 Å². The van der Waals surface area contributed by atoms with Gasteiger partial charge >= 0.3 is 0 Å². The van der Waals surface area contributed by atoms with Crippen molar-refractivity contribution in [1.29, 1.82) is 0 Å². The van der Waals surface area contributed by atoms with Gasteiger partial charge in [0.1, 0.15) is 5.75 Å². The summed E-state index contributed by atoms with van der Waals surface area (Å²) < 4.78 is 33.3. The zero-order valence-corrected chi connectivity index (χ0v) is 18.2. The van der Waals surface area contributed by atoms with Crippen molar-refractivity contribution in [1.82, 2.24) is 5.43 Å². The van der Waals surface area contributed by atoms with Crippen molar-refractivity contribution in [2.75, 3.05) is 11.3 Å². The molecule has 0 atom stereocenters. The van der Waals surface area contributed by atoms with Crippen molar-refractivity contribution in [2.45, 2.75) is 11.8 Å². The van der Waals surface area contributed by atoms with E-state index in [-0.39, 0.29) is 16.1 Å². The average Bonchev–Trinajstić information content (AvgIpc) is 2.75. The van der Waals surface area contributed by atoms with Crippen LogP contribution in [0.4, 0.5) is 5.69 Å². The van der Waals surface area contributed by atoms with E-state index in [1.807, 2.05) is 19.1 Å². The van der Waals surface area contributed by atoms with Gasteiger partial charge in [-0.05, 0) is 55.5 Å². The molecule has 0 heterocycles. The summed E-state index contributed by atoms with van der Waals surface area (Å²) in [5, 5.41) is 4.39. The van der Waals surface area contributed by atoms with Crippen LogP contribution in [0.5, 0.6) is 5.75 Å². The summed E-state index contributed by atoms with van der Waals surface area (Å²) in [6.07, 6.45) is 1.46. The van der Waals surface area contributed by atoms with Crippen LogP contribution in [-0.4, -0.2) is 27.1 Å². The molecule has 0 aliphatic heterocycles. The van der Waals surface area contributed by atoms with Gasteiger partial charge < -0.3 is 4.74 Å². The van der Waals surface area contributed by atoms with E-state index >= 15 is 0 Å². The van der Waals surface area contributed by atoms with Crippen LogP contribution < -0.4 is 14.9 Å². The molecule has 160 valence electrons. The Kier molecular flexibility index (Phi) is 7.28. The van der Waals surface area contributed by atoms with E-state index in [9.17, 15) is 13.2 Å². The highest BCUT2D eigenvalue weighted by atomic mass is 35.5. The van der Waals surface area contributed by atoms with Gasteiger partial charge in [0.2, 0.25) is 0 Å². The van der Waals surface area contributed by atoms with Gasteiger partial charge in [-0.3, -0.25) is 9.52 Å². The molecule has 3 aromatic carbocycles. The fourth-order valence-electron chi connectivity index (χ4n) is 2.68. The molecule has 7 nitrogen and oxygen atoms in total. The standard InChI is InChI=1S/C22H20ClN3O4S/c1-2-30-21-10-6-3-7-16(21)15-24-25-22(27)19-8-4-5-9-20(19)26-31(28,29)18-13-11-17(23)12-14-18/h3-15,26H,2H2,1H3,(H,25,27)/b24-15-. The Hall–Kier alpha value is -3.36. The zero-order chi connectivity index (χ0) is 22.3. The number of halogens is 1. The van der Waals surface area contributed by atoms with Crippen molar-refractivity contribution in [3.63, 3.8) is 0 Å². The molecule has 0 saturated heterocycles. The number of hydrogen-bond donors (Lipinski definition) is 2. The first-order valence-corrected chi connectivity index (χ1v) is 11.2. The fourth-order valence-corrected chi connectivity index (χ4v) is 3.89. The van der Waals surface area contributed by atoms with Crippen LogP contribution in [-0.2, 0) is 10.0 Å². The van der Waals surface area contributed by atoms with Crippen molar-refractivity contribution >= 4 is 39.4 Å². The second-order valence-corrected chi connectivity index (χ2v) is 8.39. The number of nitrogens with zero attached hydrogens (tertiary/aromatic N) is 1. The molecule has 0 fully saturated rings. The maximum absolute atomic E-state index is 12.7. The highest BCUT2D eigenvalue weighted by molar-refractivity contribution is 7.92. The third-order valence-corrected chi connectivity index (χ3v) is 5.76. The minimum Gasteiger partial charge on any atom is -0.493 e. The summed E-state index contributed by atoms with van der Waals surface area (Å²) in [6, 6.07) is 19.2. The first kappa shape index (κ1) is 22.3. The molecule has 0 unspecified atom stereocenters. The topological polar surface area (TPSA) is 96.9 Å². The highest BCUT2D eigenvalue weighted by Gasteiger charge is 2.18. The van der Waals surface area contributed by atoms with Gasteiger partial charge in [0.15, 0.2) is 0 Å². The van der Waals surface area contributed by atoms with Crippen molar-refractivity contribution < 1.29 is 17.9 Å². The number of para-hydroxylation sites is 2. The van der Waals surface area contributed by atoms with Crippen LogP contribution in [0.2, 0.25) is 5.02 Å². The summed E-state index contributed by atoms with van der Waals surface area (Å²) in [6.45, 7) is 2.37. The molecule has 0 spiro atoms. The van der Waals surface area contributed by atoms with Gasteiger partial charge in [0.25, 0.3) is 15.9 Å². The lowest BCUT2D eigenvalue weighted by Gasteiger charge is -2.12. The Labute approximate surface area is 185 Å². The number of rotatable bonds is 8. The molecule has 0 aliphatic rings. The molecule has 1 amide bonds. The molecule has 31 heavy (non-hydrogen) atoms. The normalized spacial score (nSPS) is 11.3. The quantitative estimate of drug-likeness (QED) is 0.389. The molecular formula is C22H20ClN3O4S. The summed E-state index contributed by atoms with van der Waals surface area (Å²) in [5.74, 6) is 0.0682. The van der Waals surface area contributed by atoms with E-state index < -0.39 is 15.9 Å². The maximum Gasteiger partial charge on any atom is 0.273 e. The van der Waals surface area contributed by atoms with Gasteiger partial charge in [-0.1, -0.05) is 35.9 Å². The Morgan fingerprint density at radius 2 is 1.71 bits per heavy atom. The van der Waals surface area contributed by atoms with Crippen LogP contribution in [0, 0.1) is 0 Å². The number of carbonyl (C=O) groups excluding carboxylic acids is 1. The lowest BCUT2D eigenvalue weighted by atomic mass is 10.2. The third-order valence-electron chi connectivity index (χ3n) is 4.13. The number of anilines is 1. The molecular weight excluding hydrogens is 438 g/mol. The van der Waals surface area contributed by atoms with Crippen molar-refractivity contribution in [3.8, 4) is 5.75 Å². The van der Waals surface area contributed by atoms with E-state index in [0.717, 1.165) is 0 Å². The third kappa shape index (κ3) is 5.84. The molecule has 9 heteroatoms. The smallest absolute Gasteiger partial charge is 0.273 e. The lowest BCUT2D eigenvalue weighted by Crippen LogP contribution is -2.21. The minimum atomic E-state index is -3.91. The van der Waals surface area contributed by atoms with Crippen LogP contribution in [0.25, 0.3) is 0 Å². The Morgan fingerprint density at radius 1 is 1.03 bits per heavy atom. The van der Waals surface area contributed by atoms with E-state index in [1.54, 1.807) is 24.3 Å². The molecule has 3 aromatic rings. The number of hydrogen-bond acceptors (Lipinski definition) is 5. The molecule has 0 radical (unpaired) electrons. The molecule has 2 N–H and O–H groups in total. The van der Waals surface area contributed by atoms with Gasteiger partial charge in [0, 0.05) is 10.6 Å². The van der Waals surface area contributed by atoms with Gasteiger partial charge in [0.05, 0.1) is 29.0 Å². The predicted molar refractivity (Wildman–Crippen MR) is 121 cm³/mol. The van der Waals surface area contributed by atoms with Gasteiger partial charge in [-0.15, -0.1) is 0 Å². The second kappa shape index (κ2) is 10.1. The molecule has 0 aromatic heterocycles. The van der Waals surface area contributed by atoms with E-state index in [2.05, 4.69) is 15.2 Å². The largest absolute Gasteiger partial charge is 0.493 e. The zero-order valence-electron chi connectivity index (χ0n) is 16.6. The molecule has 0 aliphatic carbocycles. The van der Waals surface area contributed by atoms with Crippen molar-refractivity contribution in [2.24, 2.45) is 5.10 Å². The summed E-state index contributed by atoms with van der Waals surface area (Å²) in [5.41, 5.74) is 3.35. The van der Waals surface area contributed by atoms with Crippen LogP contribution >= 0.6 is 11.6 Å². The Balaban J connectivity index is 1.77. The predicted octanol–water partition coefficient (Wildman–Crippen LogP) is 4.30. The number of hydrazone groups is 1. The monoisotopic (exact) mass is 457 g/mol. The maximum atomic E-state index is 12.7. The molecule has 0 bridgehead atoms. The highest BCUT2D eigenvalue weighted by Crippen LogP contribution is 2.21. The number of sulfonamides is 1. The second-order valence-electron chi connectivity index (χ2n) is 6.27. The summed E-state index contributed by atoms with van der Waals surface area (Å²) >= 11 is 5.82. The number of benzene rings is 3. The number of ether oxygens (including phenoxy) is 1. The van der Waals surface area contributed by atoms with Crippen molar-refractivity contribution in [3.05, 3.63) is 88.9 Å². The summed E-state index contributed by atoms with van der Waals surface area (Å²) in [4.78, 5) is 12.7. The number of nitrogens with one attached hydrogen (secondary N) is 2. The van der Waals surface area contributed by atoms with Gasteiger partial charge in [-0.2, -0.15) is 5.10 Å². The Bertz CT molecular complexity index is 1200. The minimum absolute atomic E-state index is 0.0256. The van der Waals surface area contributed by atoms with Crippen LogP contribution in [0.1, 0.15) is 22.8 Å². The van der Waals surface area contributed by atoms with E-state index in [1.165, 1.54) is 42.6 Å². The van der Waals surface area contributed by atoms with E-state index in [4.69, 9.17) is 16.3 Å². The van der Waals surface area contributed by atoms with Crippen LogP contribution in [0.15, 0.2) is 82.8 Å². The first-order chi connectivity index (χ1) is 14.9. The molecule has 0 saturated carbocycles. The number of carbonyl (C=O) groups is 1. The van der Waals surface area contributed by atoms with E-state index in [0.29, 0.717) is 22.9 Å². The first-order valence-electron chi connectivity index (χ1n) is 9.33. The number of amides is 1. The summed E-state index contributed by atoms with van der Waals surface area (Å²) in [7, 11) is -3.91. The lowest BCUT2D eigenvalue weighted by molar-refractivity contribution is 0.0956. The SMILES string of the molecule is CCOc1ccccc1/C=N\NC(=O)c1ccccc1NS(=O)(=O)c1ccc(Cl)cc1. The average molecular weight is 458 g/mol. The van der Waals surface area contributed by atoms with Crippen LogP contribution in [0.3, 0.4) is 0 Å². The Morgan fingerprint density at radius 3 is 2.45 bits per heavy atom. The fraction of sp³-hybridized carbons (Fsp3) is 0.0909.